The lowest BCUT2D eigenvalue weighted by molar-refractivity contribution is -0.115. The van der Waals surface area contributed by atoms with E-state index in [1.54, 1.807) is 0 Å². The van der Waals surface area contributed by atoms with Crippen molar-refractivity contribution in [2.45, 2.75) is 31.4 Å². The van der Waals surface area contributed by atoms with Crippen molar-refractivity contribution in [3.63, 3.8) is 0 Å². The summed E-state index contributed by atoms with van der Waals surface area (Å²) < 4.78 is 0. The van der Waals surface area contributed by atoms with Crippen molar-refractivity contribution in [2.24, 2.45) is 5.16 Å². The number of piperidine rings is 1. The third-order valence-corrected chi connectivity index (χ3v) is 3.83. The van der Waals surface area contributed by atoms with Gasteiger partial charge in [-0.25, -0.2) is 0 Å². The number of nitrogens with zero attached hydrogens (tertiary/aromatic N) is 1. The van der Waals surface area contributed by atoms with Crippen LogP contribution in [0.3, 0.4) is 0 Å². The maximum Gasteiger partial charge on any atom is 0.269 e. The minimum atomic E-state index is -0.294. The predicted molar refractivity (Wildman–Crippen MR) is 76.3 cm³/mol. The lowest BCUT2D eigenvalue weighted by Gasteiger charge is -2.30. The molecule has 1 atom stereocenters. The minimum absolute atomic E-state index is 0.128. The van der Waals surface area contributed by atoms with Crippen molar-refractivity contribution in [3.8, 4) is 0 Å². The maximum absolute atomic E-state index is 12.1. The molecule has 1 fully saturated rings. The Labute approximate surface area is 118 Å². The molecule has 0 saturated carbocycles. The monoisotopic (exact) mass is 273 g/mol. The zero-order valence-corrected chi connectivity index (χ0v) is 11.4. The fraction of sp³-hybridized carbons (Fsp3) is 0.467. The number of hydrogen-bond donors (Lipinski definition) is 2. The first-order chi connectivity index (χ1) is 9.77. The zero-order valence-electron chi connectivity index (χ0n) is 11.4. The van der Waals surface area contributed by atoms with E-state index < -0.39 is 0 Å². The van der Waals surface area contributed by atoms with Gasteiger partial charge in [0.1, 0.15) is 5.71 Å². The summed E-state index contributed by atoms with van der Waals surface area (Å²) >= 11 is 0. The third kappa shape index (κ3) is 2.82. The highest BCUT2D eigenvalue weighted by atomic mass is 16.7. The number of rotatable bonds is 3. The Morgan fingerprint density at radius 3 is 3.00 bits per heavy atom. The quantitative estimate of drug-likeness (QED) is 0.870. The number of benzene rings is 1. The van der Waals surface area contributed by atoms with Crippen LogP contribution in [0.4, 0.5) is 0 Å². The molecule has 0 aromatic heterocycles. The SMILES string of the molecule is O=C(NCc1ccccc1)C1=NOC2(CCCNC2)C1. The second kappa shape index (κ2) is 5.63. The van der Waals surface area contributed by atoms with Crippen molar-refractivity contribution < 1.29 is 9.63 Å². The average molecular weight is 273 g/mol. The second-order valence-corrected chi connectivity index (χ2v) is 5.44. The van der Waals surface area contributed by atoms with Crippen LogP contribution in [0.5, 0.6) is 0 Å². The van der Waals surface area contributed by atoms with Gasteiger partial charge in [-0.1, -0.05) is 35.5 Å². The lowest BCUT2D eigenvalue weighted by atomic mass is 9.89. The summed E-state index contributed by atoms with van der Waals surface area (Å²) in [5, 5.41) is 10.2. The van der Waals surface area contributed by atoms with Crippen molar-refractivity contribution in [2.75, 3.05) is 13.1 Å². The smallest absolute Gasteiger partial charge is 0.269 e. The highest BCUT2D eigenvalue weighted by Crippen LogP contribution is 2.30. The van der Waals surface area contributed by atoms with E-state index in [9.17, 15) is 4.79 Å². The predicted octanol–water partition coefficient (Wildman–Crippen LogP) is 1.20. The van der Waals surface area contributed by atoms with Crippen LogP contribution in [0.2, 0.25) is 0 Å². The molecule has 1 unspecified atom stereocenters. The first-order valence-electron chi connectivity index (χ1n) is 7.05. The molecule has 2 aliphatic heterocycles. The van der Waals surface area contributed by atoms with Crippen LogP contribution in [-0.2, 0) is 16.2 Å². The topological polar surface area (TPSA) is 62.7 Å². The number of oxime groups is 1. The summed E-state index contributed by atoms with van der Waals surface area (Å²) in [4.78, 5) is 17.6. The number of carbonyl (C=O) groups is 1. The Hall–Kier alpha value is -1.88. The van der Waals surface area contributed by atoms with Crippen molar-refractivity contribution in [3.05, 3.63) is 35.9 Å². The van der Waals surface area contributed by atoms with Crippen LogP contribution >= 0.6 is 0 Å². The normalized spacial score (nSPS) is 25.1. The summed E-state index contributed by atoms with van der Waals surface area (Å²) in [6.45, 7) is 2.30. The molecule has 106 valence electrons. The summed E-state index contributed by atoms with van der Waals surface area (Å²) in [7, 11) is 0. The molecular formula is C15H19N3O2. The third-order valence-electron chi connectivity index (χ3n) is 3.83. The van der Waals surface area contributed by atoms with Gasteiger partial charge in [0.2, 0.25) is 0 Å². The van der Waals surface area contributed by atoms with E-state index in [0.717, 1.165) is 31.5 Å². The molecule has 1 spiro atoms. The van der Waals surface area contributed by atoms with Gasteiger partial charge in [-0.2, -0.15) is 0 Å². The molecule has 0 aliphatic carbocycles. The first kappa shape index (κ1) is 13.1. The fourth-order valence-electron chi connectivity index (χ4n) is 2.69. The van der Waals surface area contributed by atoms with Gasteiger partial charge in [0.25, 0.3) is 5.91 Å². The van der Waals surface area contributed by atoms with Gasteiger partial charge in [-0.05, 0) is 24.9 Å². The first-order valence-corrected chi connectivity index (χ1v) is 7.05. The molecule has 1 aromatic rings. The fourth-order valence-corrected chi connectivity index (χ4v) is 2.69. The van der Waals surface area contributed by atoms with E-state index in [4.69, 9.17) is 4.84 Å². The Bertz CT molecular complexity index is 507. The molecule has 0 radical (unpaired) electrons. The standard InChI is InChI=1S/C15H19N3O2/c19-14(17-10-12-5-2-1-3-6-12)13-9-15(20-18-13)7-4-8-16-11-15/h1-3,5-6,16H,4,7-11H2,(H,17,19). The number of hydrogen-bond acceptors (Lipinski definition) is 4. The van der Waals surface area contributed by atoms with Gasteiger partial charge in [0, 0.05) is 19.5 Å². The molecular weight excluding hydrogens is 254 g/mol. The largest absolute Gasteiger partial charge is 0.387 e. The molecule has 1 amide bonds. The Kier molecular flexibility index (Phi) is 3.69. The summed E-state index contributed by atoms with van der Waals surface area (Å²) in [6.07, 6.45) is 2.62. The molecule has 20 heavy (non-hydrogen) atoms. The van der Waals surface area contributed by atoms with Crippen molar-refractivity contribution in [1.29, 1.82) is 0 Å². The molecule has 1 saturated heterocycles. The van der Waals surface area contributed by atoms with Crippen LogP contribution in [-0.4, -0.2) is 30.3 Å². The summed E-state index contributed by atoms with van der Waals surface area (Å²) in [6, 6.07) is 9.85. The molecule has 2 heterocycles. The van der Waals surface area contributed by atoms with E-state index in [-0.39, 0.29) is 11.5 Å². The van der Waals surface area contributed by atoms with Crippen molar-refractivity contribution in [1.82, 2.24) is 10.6 Å². The Morgan fingerprint density at radius 2 is 2.25 bits per heavy atom. The van der Waals surface area contributed by atoms with E-state index in [1.807, 2.05) is 30.3 Å². The Morgan fingerprint density at radius 1 is 1.40 bits per heavy atom. The molecule has 2 aliphatic rings. The van der Waals surface area contributed by atoms with E-state index >= 15 is 0 Å². The van der Waals surface area contributed by atoms with Crippen LogP contribution in [0.25, 0.3) is 0 Å². The lowest BCUT2D eigenvalue weighted by Crippen LogP contribution is -2.46. The molecule has 1 aromatic carbocycles. The van der Waals surface area contributed by atoms with Crippen molar-refractivity contribution >= 4 is 11.6 Å². The van der Waals surface area contributed by atoms with Gasteiger partial charge in [0.05, 0.1) is 0 Å². The number of amides is 1. The molecule has 5 nitrogen and oxygen atoms in total. The molecule has 3 rings (SSSR count). The summed E-state index contributed by atoms with van der Waals surface area (Å²) in [5.74, 6) is -0.128. The number of nitrogens with one attached hydrogen (secondary N) is 2. The molecule has 5 heteroatoms. The van der Waals surface area contributed by atoms with Gasteiger partial charge in [0.15, 0.2) is 5.60 Å². The van der Waals surface area contributed by atoms with E-state index in [0.29, 0.717) is 18.7 Å². The zero-order chi connectivity index (χ0) is 13.8. The van der Waals surface area contributed by atoms with Gasteiger partial charge in [-0.15, -0.1) is 0 Å². The average Bonchev–Trinajstić information content (AvgIpc) is 2.90. The van der Waals surface area contributed by atoms with Gasteiger partial charge in [-0.3, -0.25) is 4.79 Å². The molecule has 0 bridgehead atoms. The van der Waals surface area contributed by atoms with Gasteiger partial charge >= 0.3 is 0 Å². The Balaban J connectivity index is 1.53. The van der Waals surface area contributed by atoms with Crippen LogP contribution < -0.4 is 10.6 Å². The highest BCUT2D eigenvalue weighted by Gasteiger charge is 2.42. The van der Waals surface area contributed by atoms with Crippen LogP contribution in [0, 0.1) is 0 Å². The maximum atomic E-state index is 12.1. The number of carbonyl (C=O) groups excluding carboxylic acids is 1. The van der Waals surface area contributed by atoms with Gasteiger partial charge < -0.3 is 15.5 Å². The van der Waals surface area contributed by atoms with Crippen LogP contribution in [0.15, 0.2) is 35.5 Å². The van der Waals surface area contributed by atoms with Crippen LogP contribution in [0.1, 0.15) is 24.8 Å². The summed E-state index contributed by atoms with van der Waals surface area (Å²) in [5.41, 5.74) is 1.29. The van der Waals surface area contributed by atoms with E-state index in [1.165, 1.54) is 0 Å². The second-order valence-electron chi connectivity index (χ2n) is 5.44. The minimum Gasteiger partial charge on any atom is -0.387 e. The highest BCUT2D eigenvalue weighted by molar-refractivity contribution is 6.39. The molecule has 2 N–H and O–H groups in total. The van der Waals surface area contributed by atoms with E-state index in [2.05, 4.69) is 15.8 Å².